The summed E-state index contributed by atoms with van der Waals surface area (Å²) in [4.78, 5) is 37.2. The van der Waals surface area contributed by atoms with E-state index in [9.17, 15) is 18.8 Å². The molecule has 0 fully saturated rings. The summed E-state index contributed by atoms with van der Waals surface area (Å²) in [6, 6.07) is 8.00. The molecule has 0 aromatic heterocycles. The molecule has 0 bridgehead atoms. The van der Waals surface area contributed by atoms with E-state index < -0.39 is 30.1 Å². The van der Waals surface area contributed by atoms with Gasteiger partial charge in [0.25, 0.3) is 11.8 Å². The van der Waals surface area contributed by atoms with Gasteiger partial charge in [0.1, 0.15) is 19.0 Å². The standard InChI is InChI=1S/C17H10Cl2FNO4/c18-13-5-11-12(6-14(13)19)17(24)21(16(11)23)7-15(22)25-8-9-1-3-10(20)4-2-9/h1-6H,7-8H2. The number of carbonyl (C=O) groups excluding carboxylic acids is 3. The van der Waals surface area contributed by atoms with Crippen molar-refractivity contribution >= 4 is 41.0 Å². The van der Waals surface area contributed by atoms with Crippen LogP contribution in [0.5, 0.6) is 0 Å². The molecule has 1 aliphatic rings. The summed E-state index contributed by atoms with van der Waals surface area (Å²) in [6.07, 6.45) is 0. The zero-order valence-electron chi connectivity index (χ0n) is 12.6. The van der Waals surface area contributed by atoms with Crippen molar-refractivity contribution in [2.75, 3.05) is 6.54 Å². The van der Waals surface area contributed by atoms with Crippen molar-refractivity contribution in [2.45, 2.75) is 6.61 Å². The molecule has 2 aromatic rings. The third-order valence-corrected chi connectivity index (χ3v) is 4.33. The second-order valence-corrected chi connectivity index (χ2v) is 6.11. The molecule has 1 heterocycles. The molecule has 5 nitrogen and oxygen atoms in total. The number of amides is 2. The van der Waals surface area contributed by atoms with E-state index in [-0.39, 0.29) is 27.8 Å². The molecule has 0 atom stereocenters. The number of hydrogen-bond acceptors (Lipinski definition) is 4. The first-order valence-corrected chi connectivity index (χ1v) is 7.87. The van der Waals surface area contributed by atoms with Gasteiger partial charge in [-0.15, -0.1) is 0 Å². The number of fused-ring (bicyclic) bond motifs is 1. The summed E-state index contributed by atoms with van der Waals surface area (Å²) >= 11 is 11.7. The van der Waals surface area contributed by atoms with Crippen LogP contribution < -0.4 is 0 Å². The maximum atomic E-state index is 12.8. The summed E-state index contributed by atoms with van der Waals surface area (Å²) in [6.45, 7) is -0.636. The number of carbonyl (C=O) groups is 3. The number of nitrogens with zero attached hydrogens (tertiary/aromatic N) is 1. The molecule has 0 aliphatic carbocycles. The monoisotopic (exact) mass is 381 g/mol. The van der Waals surface area contributed by atoms with E-state index in [1.54, 1.807) is 0 Å². The lowest BCUT2D eigenvalue weighted by atomic mass is 10.1. The topological polar surface area (TPSA) is 63.7 Å². The van der Waals surface area contributed by atoms with Crippen molar-refractivity contribution in [3.8, 4) is 0 Å². The minimum Gasteiger partial charge on any atom is -0.459 e. The quantitative estimate of drug-likeness (QED) is 0.600. The van der Waals surface area contributed by atoms with Crippen LogP contribution in [0.25, 0.3) is 0 Å². The maximum absolute atomic E-state index is 12.8. The fraction of sp³-hybridized carbons (Fsp3) is 0.118. The molecule has 128 valence electrons. The van der Waals surface area contributed by atoms with Crippen LogP contribution in [0.15, 0.2) is 36.4 Å². The van der Waals surface area contributed by atoms with Crippen LogP contribution in [0.2, 0.25) is 10.0 Å². The van der Waals surface area contributed by atoms with Gasteiger partial charge in [-0.05, 0) is 29.8 Å². The zero-order chi connectivity index (χ0) is 18.1. The Bertz CT molecular complexity index is 842. The third kappa shape index (κ3) is 3.50. The number of benzene rings is 2. The summed E-state index contributed by atoms with van der Waals surface area (Å²) in [5.74, 6) is -2.45. The molecule has 0 radical (unpaired) electrons. The lowest BCUT2D eigenvalue weighted by Crippen LogP contribution is -2.35. The Hall–Kier alpha value is -2.44. The smallest absolute Gasteiger partial charge is 0.326 e. The minimum absolute atomic E-state index is 0.0886. The highest BCUT2D eigenvalue weighted by atomic mass is 35.5. The van der Waals surface area contributed by atoms with E-state index in [1.807, 2.05) is 0 Å². The number of halogens is 3. The van der Waals surface area contributed by atoms with Crippen LogP contribution in [0, 0.1) is 5.82 Å². The van der Waals surface area contributed by atoms with Crippen molar-refractivity contribution in [1.29, 1.82) is 0 Å². The Balaban J connectivity index is 1.67. The number of ether oxygens (including phenoxy) is 1. The van der Waals surface area contributed by atoms with E-state index in [1.165, 1.54) is 36.4 Å². The van der Waals surface area contributed by atoms with Crippen molar-refractivity contribution in [3.05, 3.63) is 69.0 Å². The summed E-state index contributed by atoms with van der Waals surface area (Å²) in [7, 11) is 0. The van der Waals surface area contributed by atoms with Gasteiger partial charge in [-0.2, -0.15) is 0 Å². The minimum atomic E-state index is -0.768. The van der Waals surface area contributed by atoms with Crippen LogP contribution in [0.3, 0.4) is 0 Å². The molecule has 25 heavy (non-hydrogen) atoms. The Morgan fingerprint density at radius 2 is 1.52 bits per heavy atom. The Morgan fingerprint density at radius 3 is 2.04 bits per heavy atom. The average Bonchev–Trinajstić information content (AvgIpc) is 2.80. The summed E-state index contributed by atoms with van der Waals surface area (Å²) in [5.41, 5.74) is 0.757. The number of hydrogen-bond donors (Lipinski definition) is 0. The highest BCUT2D eigenvalue weighted by Gasteiger charge is 2.37. The van der Waals surface area contributed by atoms with Gasteiger partial charge in [0.05, 0.1) is 21.2 Å². The van der Waals surface area contributed by atoms with Crippen molar-refractivity contribution in [1.82, 2.24) is 4.90 Å². The van der Waals surface area contributed by atoms with E-state index in [2.05, 4.69) is 0 Å². The first kappa shape index (κ1) is 17.4. The average molecular weight is 382 g/mol. The molecule has 3 rings (SSSR count). The van der Waals surface area contributed by atoms with Crippen LogP contribution >= 0.6 is 23.2 Å². The maximum Gasteiger partial charge on any atom is 0.326 e. The van der Waals surface area contributed by atoms with E-state index in [0.29, 0.717) is 5.56 Å². The number of rotatable bonds is 4. The lowest BCUT2D eigenvalue weighted by Gasteiger charge is -2.13. The molecule has 0 N–H and O–H groups in total. The number of imide groups is 1. The van der Waals surface area contributed by atoms with Gasteiger partial charge in [0.15, 0.2) is 0 Å². The van der Waals surface area contributed by atoms with E-state index >= 15 is 0 Å². The van der Waals surface area contributed by atoms with Crippen molar-refractivity contribution in [3.63, 3.8) is 0 Å². The Morgan fingerprint density at radius 1 is 1.00 bits per heavy atom. The normalized spacial score (nSPS) is 13.2. The van der Waals surface area contributed by atoms with Gasteiger partial charge in [0, 0.05) is 0 Å². The molecule has 0 saturated heterocycles. The second-order valence-electron chi connectivity index (χ2n) is 5.30. The SMILES string of the molecule is O=C(CN1C(=O)c2cc(Cl)c(Cl)cc2C1=O)OCc1ccc(F)cc1. The predicted molar refractivity (Wildman–Crippen MR) is 88.0 cm³/mol. The van der Waals surface area contributed by atoms with E-state index in [4.69, 9.17) is 27.9 Å². The lowest BCUT2D eigenvalue weighted by molar-refractivity contribution is -0.145. The second kappa shape index (κ2) is 6.82. The first-order valence-electron chi connectivity index (χ1n) is 7.12. The molecule has 8 heteroatoms. The fourth-order valence-corrected chi connectivity index (χ4v) is 2.67. The first-order chi connectivity index (χ1) is 11.9. The van der Waals surface area contributed by atoms with Crippen molar-refractivity contribution < 1.29 is 23.5 Å². The third-order valence-electron chi connectivity index (χ3n) is 3.61. The van der Waals surface area contributed by atoms with Gasteiger partial charge in [-0.25, -0.2) is 4.39 Å². The highest BCUT2D eigenvalue weighted by Crippen LogP contribution is 2.31. The van der Waals surface area contributed by atoms with Crippen LogP contribution in [-0.4, -0.2) is 29.2 Å². The Labute approximate surface area is 151 Å². The summed E-state index contributed by atoms with van der Waals surface area (Å²) < 4.78 is 17.8. The predicted octanol–water partition coefficient (Wildman–Crippen LogP) is 3.47. The van der Waals surface area contributed by atoms with Crippen molar-refractivity contribution in [2.24, 2.45) is 0 Å². The highest BCUT2D eigenvalue weighted by molar-refractivity contribution is 6.43. The molecule has 2 amide bonds. The van der Waals surface area contributed by atoms with Gasteiger partial charge in [-0.1, -0.05) is 35.3 Å². The Kier molecular flexibility index (Phi) is 4.74. The van der Waals surface area contributed by atoms with Crippen LogP contribution in [0.1, 0.15) is 26.3 Å². The van der Waals surface area contributed by atoms with Gasteiger partial charge >= 0.3 is 5.97 Å². The van der Waals surface area contributed by atoms with Crippen LogP contribution in [-0.2, 0) is 16.1 Å². The zero-order valence-corrected chi connectivity index (χ0v) is 14.1. The van der Waals surface area contributed by atoms with E-state index in [0.717, 1.165) is 4.90 Å². The van der Waals surface area contributed by atoms with Gasteiger partial charge in [0.2, 0.25) is 0 Å². The van der Waals surface area contributed by atoms with Gasteiger partial charge < -0.3 is 4.74 Å². The largest absolute Gasteiger partial charge is 0.459 e. The molecular formula is C17H10Cl2FNO4. The molecular weight excluding hydrogens is 372 g/mol. The summed E-state index contributed by atoms with van der Waals surface area (Å²) in [5, 5.41) is 0.282. The molecule has 0 spiro atoms. The molecule has 1 aliphatic heterocycles. The molecule has 2 aromatic carbocycles. The van der Waals surface area contributed by atoms with Gasteiger partial charge in [-0.3, -0.25) is 19.3 Å². The molecule has 0 saturated carbocycles. The molecule has 0 unspecified atom stereocenters. The van der Waals surface area contributed by atoms with Crippen LogP contribution in [0.4, 0.5) is 4.39 Å². The number of esters is 1. The fourth-order valence-electron chi connectivity index (χ4n) is 2.35.